The van der Waals surface area contributed by atoms with E-state index in [0.29, 0.717) is 37.8 Å². The quantitative estimate of drug-likeness (QED) is 0.705. The lowest BCUT2D eigenvalue weighted by Crippen LogP contribution is -2.47. The summed E-state index contributed by atoms with van der Waals surface area (Å²) in [6, 6.07) is 10.1. The lowest BCUT2D eigenvalue weighted by molar-refractivity contribution is -0.00625. The molecular weight excluding hydrogens is 392 g/mol. The molecule has 0 amide bonds. The van der Waals surface area contributed by atoms with E-state index in [0.717, 1.165) is 11.4 Å². The summed E-state index contributed by atoms with van der Waals surface area (Å²) in [5, 5.41) is 7.32. The van der Waals surface area contributed by atoms with E-state index < -0.39 is 10.2 Å². The van der Waals surface area contributed by atoms with Gasteiger partial charge in [-0.2, -0.15) is 22.1 Å². The molecule has 1 aromatic carbocycles. The van der Waals surface area contributed by atoms with Gasteiger partial charge in [-0.25, -0.2) is 0 Å². The predicted octanol–water partition coefficient (Wildman–Crippen LogP) is 2.33. The van der Waals surface area contributed by atoms with Gasteiger partial charge in [0.1, 0.15) is 11.9 Å². The van der Waals surface area contributed by atoms with Crippen molar-refractivity contribution in [2.45, 2.75) is 32.3 Å². The van der Waals surface area contributed by atoms with E-state index in [4.69, 9.17) is 9.47 Å². The minimum Gasteiger partial charge on any atom is -0.493 e. The van der Waals surface area contributed by atoms with Gasteiger partial charge < -0.3 is 9.47 Å². The highest BCUT2D eigenvalue weighted by molar-refractivity contribution is 7.86. The van der Waals surface area contributed by atoms with Crippen LogP contribution in [-0.4, -0.2) is 67.6 Å². The molecule has 1 atom stereocenters. The Labute approximate surface area is 173 Å². The molecule has 0 unspecified atom stereocenters. The Hall–Kier alpha value is -1.94. The number of morpholine rings is 1. The Balaban J connectivity index is 1.54. The molecule has 2 heterocycles. The van der Waals surface area contributed by atoms with E-state index in [2.05, 4.69) is 36.2 Å². The summed E-state index contributed by atoms with van der Waals surface area (Å²) in [4.78, 5) is 0. The molecule has 1 aliphatic heterocycles. The van der Waals surface area contributed by atoms with Gasteiger partial charge in [0.15, 0.2) is 0 Å². The lowest BCUT2D eigenvalue weighted by atomic mass is 10.0. The van der Waals surface area contributed by atoms with E-state index in [1.54, 1.807) is 0 Å². The van der Waals surface area contributed by atoms with Gasteiger partial charge in [0.2, 0.25) is 0 Å². The molecule has 0 bridgehead atoms. The van der Waals surface area contributed by atoms with Crippen molar-refractivity contribution in [1.29, 1.82) is 0 Å². The summed E-state index contributed by atoms with van der Waals surface area (Å²) in [7, 11) is -0.398. The van der Waals surface area contributed by atoms with Gasteiger partial charge in [0.25, 0.3) is 10.2 Å². The topological polar surface area (TPSA) is 87.8 Å². The maximum Gasteiger partial charge on any atom is 0.281 e. The van der Waals surface area contributed by atoms with Crippen molar-refractivity contribution in [2.24, 2.45) is 0 Å². The fourth-order valence-corrected chi connectivity index (χ4v) is 4.24. The van der Waals surface area contributed by atoms with Crippen molar-refractivity contribution in [3.05, 3.63) is 47.3 Å². The van der Waals surface area contributed by atoms with Crippen molar-refractivity contribution in [3.63, 3.8) is 0 Å². The van der Waals surface area contributed by atoms with Crippen LogP contribution >= 0.6 is 0 Å². The molecule has 2 aromatic rings. The van der Waals surface area contributed by atoms with E-state index in [-0.39, 0.29) is 12.6 Å². The highest BCUT2D eigenvalue weighted by Gasteiger charge is 2.32. The highest BCUT2D eigenvalue weighted by Crippen LogP contribution is 2.24. The van der Waals surface area contributed by atoms with Crippen LogP contribution in [0.15, 0.2) is 30.3 Å². The smallest absolute Gasteiger partial charge is 0.281 e. The van der Waals surface area contributed by atoms with Crippen molar-refractivity contribution < 1.29 is 17.9 Å². The largest absolute Gasteiger partial charge is 0.493 e. The molecule has 9 heteroatoms. The minimum absolute atomic E-state index is 0.253. The second-order valence-corrected chi connectivity index (χ2v) is 9.79. The van der Waals surface area contributed by atoms with Crippen LogP contribution in [0.4, 0.5) is 0 Å². The van der Waals surface area contributed by atoms with Crippen LogP contribution in [0, 0.1) is 0 Å². The molecule has 0 radical (unpaired) electrons. The SMILES string of the molecule is CC(C)c1ccc(OCCc2cc([C@@H]3CN(S(=O)(=O)N(C)C)CCO3)n[nH]2)cc1. The summed E-state index contributed by atoms with van der Waals surface area (Å²) in [5.74, 6) is 1.34. The summed E-state index contributed by atoms with van der Waals surface area (Å²) >= 11 is 0. The number of H-pyrrole nitrogens is 1. The van der Waals surface area contributed by atoms with Gasteiger partial charge >= 0.3 is 0 Å². The first-order valence-electron chi connectivity index (χ1n) is 9.83. The van der Waals surface area contributed by atoms with E-state index in [1.807, 2.05) is 18.2 Å². The molecule has 1 aromatic heterocycles. The Morgan fingerprint density at radius 2 is 2.03 bits per heavy atom. The molecule has 3 rings (SSSR count). The van der Waals surface area contributed by atoms with Gasteiger partial charge in [-0.05, 0) is 29.7 Å². The molecule has 0 spiro atoms. The average molecular weight is 423 g/mol. The Morgan fingerprint density at radius 1 is 1.31 bits per heavy atom. The van der Waals surface area contributed by atoms with Crippen LogP contribution in [0.2, 0.25) is 0 Å². The number of rotatable bonds is 8. The molecule has 8 nitrogen and oxygen atoms in total. The van der Waals surface area contributed by atoms with Gasteiger partial charge in [0.05, 0.1) is 18.9 Å². The van der Waals surface area contributed by atoms with Crippen molar-refractivity contribution >= 4 is 10.2 Å². The first-order valence-corrected chi connectivity index (χ1v) is 11.2. The summed E-state index contributed by atoms with van der Waals surface area (Å²) in [6.45, 7) is 5.79. The zero-order valence-electron chi connectivity index (χ0n) is 17.5. The third-order valence-corrected chi connectivity index (χ3v) is 6.89. The Kier molecular flexibility index (Phi) is 6.94. The van der Waals surface area contributed by atoms with E-state index in [9.17, 15) is 8.42 Å². The Morgan fingerprint density at radius 3 is 2.69 bits per heavy atom. The standard InChI is InChI=1S/C20H30N4O4S/c1-15(2)16-5-7-18(8-6-16)27-11-9-17-13-19(22-21-17)20-14-24(10-12-28-20)29(25,26)23(3)4/h5-8,13,15,20H,9-12,14H2,1-4H3,(H,21,22)/t20-/m0/s1. The van der Waals surface area contributed by atoms with Crippen LogP contribution in [0.3, 0.4) is 0 Å². The number of ether oxygens (including phenoxy) is 2. The fourth-order valence-electron chi connectivity index (χ4n) is 3.15. The second-order valence-electron chi connectivity index (χ2n) is 7.65. The number of nitrogens with zero attached hydrogens (tertiary/aromatic N) is 3. The number of hydrogen-bond acceptors (Lipinski definition) is 5. The predicted molar refractivity (Wildman–Crippen MR) is 111 cm³/mol. The molecule has 29 heavy (non-hydrogen) atoms. The first kappa shape index (κ1) is 21.8. The fraction of sp³-hybridized carbons (Fsp3) is 0.550. The number of hydrogen-bond donors (Lipinski definition) is 1. The van der Waals surface area contributed by atoms with Crippen LogP contribution in [0.5, 0.6) is 5.75 Å². The minimum atomic E-state index is -3.46. The third-order valence-electron chi connectivity index (χ3n) is 4.98. The van der Waals surface area contributed by atoms with Gasteiger partial charge in [-0.3, -0.25) is 5.10 Å². The first-order chi connectivity index (χ1) is 13.8. The zero-order chi connectivity index (χ0) is 21.0. The van der Waals surface area contributed by atoms with Crippen molar-refractivity contribution in [2.75, 3.05) is 40.4 Å². The maximum atomic E-state index is 12.4. The Bertz CT molecular complexity index is 893. The van der Waals surface area contributed by atoms with Gasteiger partial charge in [-0.15, -0.1) is 0 Å². The monoisotopic (exact) mass is 422 g/mol. The number of aromatic nitrogens is 2. The molecule has 0 aliphatic carbocycles. The van der Waals surface area contributed by atoms with Crippen LogP contribution < -0.4 is 4.74 Å². The highest BCUT2D eigenvalue weighted by atomic mass is 32.2. The molecule has 1 fully saturated rings. The number of nitrogens with one attached hydrogen (secondary N) is 1. The van der Waals surface area contributed by atoms with Gasteiger partial charge in [0, 0.05) is 39.3 Å². The van der Waals surface area contributed by atoms with Crippen molar-refractivity contribution in [3.8, 4) is 5.75 Å². The molecule has 1 saturated heterocycles. The molecule has 0 saturated carbocycles. The second kappa shape index (κ2) is 9.25. The van der Waals surface area contributed by atoms with Crippen LogP contribution in [0.1, 0.15) is 42.8 Å². The number of aromatic amines is 1. The summed E-state index contributed by atoms with van der Waals surface area (Å²) in [5.41, 5.74) is 2.92. The maximum absolute atomic E-state index is 12.4. The van der Waals surface area contributed by atoms with Crippen molar-refractivity contribution in [1.82, 2.24) is 18.8 Å². The molecular formula is C20H30N4O4S. The molecule has 1 aliphatic rings. The van der Waals surface area contributed by atoms with Crippen LogP contribution in [-0.2, 0) is 21.4 Å². The summed E-state index contributed by atoms with van der Waals surface area (Å²) < 4.78 is 38.9. The number of benzene rings is 1. The normalized spacial score (nSPS) is 18.5. The van der Waals surface area contributed by atoms with E-state index >= 15 is 0 Å². The lowest BCUT2D eigenvalue weighted by Gasteiger charge is -2.32. The molecule has 1 N–H and O–H groups in total. The average Bonchev–Trinajstić information content (AvgIpc) is 3.17. The molecule has 160 valence electrons. The van der Waals surface area contributed by atoms with Gasteiger partial charge in [-0.1, -0.05) is 26.0 Å². The van der Waals surface area contributed by atoms with E-state index in [1.165, 1.54) is 28.3 Å². The third kappa shape index (κ3) is 5.36. The summed E-state index contributed by atoms with van der Waals surface area (Å²) in [6.07, 6.45) is 0.290. The van der Waals surface area contributed by atoms with Crippen LogP contribution in [0.25, 0.3) is 0 Å². The zero-order valence-corrected chi connectivity index (χ0v) is 18.3.